The third kappa shape index (κ3) is 4.69. The number of benzene rings is 1. The number of nitrogens with two attached hydrogens (primary N) is 1. The average Bonchev–Trinajstić information content (AvgIpc) is 2.39. The van der Waals surface area contributed by atoms with Crippen LogP contribution in [0.3, 0.4) is 0 Å². The molecule has 0 aromatic heterocycles. The van der Waals surface area contributed by atoms with Gasteiger partial charge in [-0.2, -0.15) is 0 Å². The van der Waals surface area contributed by atoms with Gasteiger partial charge in [0.15, 0.2) is 0 Å². The summed E-state index contributed by atoms with van der Waals surface area (Å²) in [7, 11) is -3.27. The molecule has 112 valence electrons. The zero-order chi connectivity index (χ0) is 15.2. The molecule has 1 rings (SSSR count). The fourth-order valence-corrected chi connectivity index (χ4v) is 3.32. The molecule has 0 unspecified atom stereocenters. The molecule has 0 aliphatic heterocycles. The summed E-state index contributed by atoms with van der Waals surface area (Å²) in [4.78, 5) is 10.9. The lowest BCUT2D eigenvalue weighted by Gasteiger charge is -2.17. The summed E-state index contributed by atoms with van der Waals surface area (Å²) in [6.07, 6.45) is 0.330. The molecule has 0 amide bonds. The highest BCUT2D eigenvalue weighted by Crippen LogP contribution is 2.46. The summed E-state index contributed by atoms with van der Waals surface area (Å²) >= 11 is 5.32. The van der Waals surface area contributed by atoms with Gasteiger partial charge in [0.05, 0.1) is 24.6 Å². The molecule has 5 nitrogen and oxygen atoms in total. The molecule has 7 heteroatoms. The SMILES string of the molecule is CCOP(=O)(OCC)c1ccc(C[C@H](N)C(=O)Cl)cc1. The first-order valence-corrected chi connectivity index (χ1v) is 8.28. The van der Waals surface area contributed by atoms with Crippen LogP contribution in [0.15, 0.2) is 24.3 Å². The zero-order valence-corrected chi connectivity index (χ0v) is 13.2. The van der Waals surface area contributed by atoms with Gasteiger partial charge < -0.3 is 14.8 Å². The van der Waals surface area contributed by atoms with Crippen LogP contribution in [0.2, 0.25) is 0 Å². The van der Waals surface area contributed by atoms with E-state index in [1.165, 1.54) is 0 Å². The molecule has 20 heavy (non-hydrogen) atoms. The number of rotatable bonds is 8. The first kappa shape index (κ1) is 17.3. The van der Waals surface area contributed by atoms with Crippen molar-refractivity contribution in [2.24, 2.45) is 5.73 Å². The first-order valence-electron chi connectivity index (χ1n) is 6.36. The Morgan fingerprint density at radius 3 is 2.15 bits per heavy atom. The highest BCUT2D eigenvalue weighted by atomic mass is 35.5. The second-order valence-corrected chi connectivity index (χ2v) is 6.51. The number of hydrogen-bond donors (Lipinski definition) is 1. The van der Waals surface area contributed by atoms with Gasteiger partial charge in [0, 0.05) is 0 Å². The Labute approximate surface area is 123 Å². The summed E-state index contributed by atoms with van der Waals surface area (Å²) in [5.74, 6) is 0. The Hall–Kier alpha value is -0.710. The van der Waals surface area contributed by atoms with E-state index >= 15 is 0 Å². The fraction of sp³-hybridized carbons (Fsp3) is 0.462. The predicted molar refractivity (Wildman–Crippen MR) is 79.5 cm³/mol. The highest BCUT2D eigenvalue weighted by molar-refractivity contribution is 7.62. The van der Waals surface area contributed by atoms with Crippen LogP contribution in [0.4, 0.5) is 0 Å². The Bertz CT molecular complexity index is 482. The molecule has 0 spiro atoms. The van der Waals surface area contributed by atoms with Crippen LogP contribution in [0.25, 0.3) is 0 Å². The molecule has 2 N–H and O–H groups in total. The van der Waals surface area contributed by atoms with Gasteiger partial charge in [-0.25, -0.2) is 0 Å². The maximum absolute atomic E-state index is 12.5. The number of hydrogen-bond acceptors (Lipinski definition) is 5. The molecule has 1 aromatic carbocycles. The monoisotopic (exact) mass is 319 g/mol. The van der Waals surface area contributed by atoms with Crippen LogP contribution >= 0.6 is 19.2 Å². The lowest BCUT2D eigenvalue weighted by atomic mass is 10.1. The van der Waals surface area contributed by atoms with Crippen molar-refractivity contribution in [1.29, 1.82) is 0 Å². The average molecular weight is 320 g/mol. The minimum absolute atomic E-state index is 0.296. The Balaban J connectivity index is 2.88. The molecular weight excluding hydrogens is 301 g/mol. The quantitative estimate of drug-likeness (QED) is 0.587. The van der Waals surface area contributed by atoms with Crippen LogP contribution in [0.5, 0.6) is 0 Å². The first-order chi connectivity index (χ1) is 9.42. The highest BCUT2D eigenvalue weighted by Gasteiger charge is 2.26. The molecule has 0 fully saturated rings. The third-order valence-electron chi connectivity index (χ3n) is 2.60. The maximum Gasteiger partial charge on any atom is 0.361 e. The molecule has 0 aliphatic carbocycles. The minimum Gasteiger partial charge on any atom is -0.320 e. The fourth-order valence-electron chi connectivity index (χ4n) is 1.68. The Morgan fingerprint density at radius 2 is 1.75 bits per heavy atom. The lowest BCUT2D eigenvalue weighted by molar-refractivity contribution is -0.112. The molecule has 0 radical (unpaired) electrons. The molecule has 0 saturated carbocycles. The van der Waals surface area contributed by atoms with Crippen LogP contribution < -0.4 is 11.0 Å². The maximum atomic E-state index is 12.5. The van der Waals surface area contributed by atoms with Crippen molar-refractivity contribution in [3.05, 3.63) is 29.8 Å². The molecule has 0 bridgehead atoms. The smallest absolute Gasteiger partial charge is 0.320 e. The van der Waals surface area contributed by atoms with Crippen molar-refractivity contribution in [3.8, 4) is 0 Å². The number of carbonyl (C=O) groups is 1. The van der Waals surface area contributed by atoms with Crippen molar-refractivity contribution >= 4 is 29.7 Å². The van der Waals surface area contributed by atoms with Crippen LogP contribution in [0, 0.1) is 0 Å². The van der Waals surface area contributed by atoms with E-state index in [0.717, 1.165) is 5.56 Å². The van der Waals surface area contributed by atoms with Gasteiger partial charge in [-0.3, -0.25) is 9.36 Å². The Kier molecular flexibility index (Phi) is 6.86. The zero-order valence-electron chi connectivity index (χ0n) is 11.5. The molecular formula is C13H19ClNO4P. The second kappa shape index (κ2) is 7.91. The van der Waals surface area contributed by atoms with Gasteiger partial charge >= 0.3 is 7.60 Å². The van der Waals surface area contributed by atoms with E-state index in [1.54, 1.807) is 38.1 Å². The van der Waals surface area contributed by atoms with Crippen molar-refractivity contribution in [2.75, 3.05) is 13.2 Å². The summed E-state index contributed by atoms with van der Waals surface area (Å²) in [5, 5.41) is -0.0981. The molecule has 0 aliphatic rings. The van der Waals surface area contributed by atoms with E-state index in [2.05, 4.69) is 0 Å². The molecule has 0 saturated heterocycles. The topological polar surface area (TPSA) is 78.6 Å². The van der Waals surface area contributed by atoms with Crippen molar-refractivity contribution in [1.82, 2.24) is 0 Å². The molecule has 1 atom stereocenters. The van der Waals surface area contributed by atoms with Crippen molar-refractivity contribution in [3.63, 3.8) is 0 Å². The summed E-state index contributed by atoms with van der Waals surface area (Å²) in [5.41, 5.74) is 6.41. The summed E-state index contributed by atoms with van der Waals surface area (Å²) in [6.45, 7) is 4.10. The van der Waals surface area contributed by atoms with Gasteiger partial charge in [-0.1, -0.05) is 12.1 Å². The largest absolute Gasteiger partial charge is 0.361 e. The van der Waals surface area contributed by atoms with E-state index < -0.39 is 18.9 Å². The van der Waals surface area contributed by atoms with Crippen LogP contribution in [0.1, 0.15) is 19.4 Å². The van der Waals surface area contributed by atoms with Crippen LogP contribution in [-0.2, 0) is 24.8 Å². The van der Waals surface area contributed by atoms with E-state index in [0.29, 0.717) is 24.9 Å². The van der Waals surface area contributed by atoms with Gasteiger partial charge in [0.25, 0.3) is 0 Å². The Morgan fingerprint density at radius 1 is 1.25 bits per heavy atom. The standard InChI is InChI=1S/C13H19ClNO4P/c1-3-18-20(17,19-4-2)11-7-5-10(6-8-11)9-12(15)13(14)16/h5-8,12H,3-4,9,15H2,1-2H3/t12-/m0/s1. The normalized spacial score (nSPS) is 13.2. The van der Waals surface area contributed by atoms with Gasteiger partial charge in [0.2, 0.25) is 5.24 Å². The predicted octanol–water partition coefficient (Wildman–Crippen LogP) is 2.21. The van der Waals surface area contributed by atoms with Gasteiger partial charge in [-0.15, -0.1) is 0 Å². The van der Waals surface area contributed by atoms with Crippen LogP contribution in [-0.4, -0.2) is 24.5 Å². The molecule has 1 aromatic rings. The summed E-state index contributed by atoms with van der Waals surface area (Å²) in [6, 6.07) is 6.05. The van der Waals surface area contributed by atoms with E-state index in [9.17, 15) is 9.36 Å². The molecule has 0 heterocycles. The minimum atomic E-state index is -3.27. The number of halogens is 1. The number of carbonyl (C=O) groups excluding carboxylic acids is 1. The second-order valence-electron chi connectivity index (χ2n) is 4.11. The lowest BCUT2D eigenvalue weighted by Crippen LogP contribution is -2.29. The third-order valence-corrected chi connectivity index (χ3v) is 5.00. The van der Waals surface area contributed by atoms with Gasteiger partial charge in [0.1, 0.15) is 0 Å². The summed E-state index contributed by atoms with van der Waals surface area (Å²) < 4.78 is 23.0. The van der Waals surface area contributed by atoms with E-state index in [4.69, 9.17) is 26.4 Å². The van der Waals surface area contributed by atoms with E-state index in [1.807, 2.05) is 0 Å². The van der Waals surface area contributed by atoms with Crippen molar-refractivity contribution < 1.29 is 18.4 Å². The van der Waals surface area contributed by atoms with Crippen molar-refractivity contribution in [2.45, 2.75) is 26.3 Å². The van der Waals surface area contributed by atoms with Gasteiger partial charge in [-0.05, 0) is 49.6 Å². The van der Waals surface area contributed by atoms with E-state index in [-0.39, 0.29) is 0 Å².